The lowest BCUT2D eigenvalue weighted by Gasteiger charge is -2.09. The van der Waals surface area contributed by atoms with Gasteiger partial charge in [0.2, 0.25) is 0 Å². The van der Waals surface area contributed by atoms with Gasteiger partial charge in [0.25, 0.3) is 11.8 Å². The quantitative estimate of drug-likeness (QED) is 0.286. The predicted octanol–water partition coefficient (Wildman–Crippen LogP) is 4.38. The third-order valence-corrected chi connectivity index (χ3v) is 5.51. The number of thioether (sulfide) groups is 1. The summed E-state index contributed by atoms with van der Waals surface area (Å²) >= 11 is 7.52. The fourth-order valence-corrected chi connectivity index (χ4v) is 3.54. The monoisotopic (exact) mass is 471 g/mol. The van der Waals surface area contributed by atoms with Crippen LogP contribution < -0.4 is 15.6 Å². The van der Waals surface area contributed by atoms with Crippen molar-refractivity contribution in [3.8, 4) is 5.75 Å². The summed E-state index contributed by atoms with van der Waals surface area (Å²) < 4.78 is 5.17. The Labute approximate surface area is 193 Å². The van der Waals surface area contributed by atoms with E-state index in [0.717, 1.165) is 16.2 Å². The Hall–Kier alpha value is -3.56. The topological polar surface area (TPSA) is 111 Å². The fourth-order valence-electron chi connectivity index (χ4n) is 2.56. The van der Waals surface area contributed by atoms with Crippen molar-refractivity contribution < 1.29 is 19.2 Å². The number of benzene rings is 3. The van der Waals surface area contributed by atoms with Crippen molar-refractivity contribution in [3.05, 3.63) is 99.1 Å². The third-order valence-electron chi connectivity index (χ3n) is 4.17. The Morgan fingerprint density at radius 3 is 2.34 bits per heavy atom. The molecule has 10 heteroatoms. The van der Waals surface area contributed by atoms with E-state index in [1.54, 1.807) is 30.0 Å². The van der Waals surface area contributed by atoms with E-state index in [4.69, 9.17) is 16.3 Å². The molecule has 0 saturated carbocycles. The van der Waals surface area contributed by atoms with Crippen LogP contribution in [0.15, 0.2) is 77.7 Å². The van der Waals surface area contributed by atoms with Crippen LogP contribution in [0.4, 0.5) is 5.69 Å². The molecule has 0 radical (unpaired) electrons. The summed E-state index contributed by atoms with van der Waals surface area (Å²) in [6.07, 6.45) is 0. The minimum absolute atomic E-state index is 0.0361. The molecule has 3 rings (SSSR count). The molecule has 0 atom stereocenters. The van der Waals surface area contributed by atoms with Crippen molar-refractivity contribution in [3.63, 3.8) is 0 Å². The van der Waals surface area contributed by atoms with Crippen molar-refractivity contribution in [2.45, 2.75) is 10.6 Å². The molecule has 0 aliphatic carbocycles. The highest BCUT2D eigenvalue weighted by molar-refractivity contribution is 7.98. The van der Waals surface area contributed by atoms with Crippen LogP contribution >= 0.6 is 23.4 Å². The highest BCUT2D eigenvalue weighted by Gasteiger charge is 2.15. The number of nitro benzene ring substituents is 1. The molecule has 0 bridgehead atoms. The normalized spacial score (nSPS) is 10.3. The van der Waals surface area contributed by atoms with Gasteiger partial charge in [0.1, 0.15) is 0 Å². The summed E-state index contributed by atoms with van der Waals surface area (Å²) in [5.41, 5.74) is 5.65. The second-order valence-corrected chi connectivity index (χ2v) is 7.94. The van der Waals surface area contributed by atoms with Crippen LogP contribution in [0.1, 0.15) is 15.9 Å². The molecule has 0 fully saturated rings. The number of nitrogens with zero attached hydrogens (tertiary/aromatic N) is 1. The molecule has 32 heavy (non-hydrogen) atoms. The zero-order valence-corrected chi connectivity index (χ0v) is 18.2. The molecule has 0 heterocycles. The lowest BCUT2D eigenvalue weighted by molar-refractivity contribution is -0.385. The summed E-state index contributed by atoms with van der Waals surface area (Å²) in [6, 6.07) is 20.2. The standard InChI is InChI=1S/C22H18ClN3O5S/c23-17-9-11-18(12-10-17)32-14-15-5-7-16(8-6-15)22(28)25-24-21(27)13-31-20-4-2-1-3-19(20)26(29)30/h1-12H,13-14H2,(H,24,27)(H,25,28). The number of hydrogen-bond acceptors (Lipinski definition) is 6. The first-order valence-corrected chi connectivity index (χ1v) is 10.7. The molecule has 164 valence electrons. The molecule has 0 unspecified atom stereocenters. The molecule has 0 spiro atoms. The predicted molar refractivity (Wildman–Crippen MR) is 122 cm³/mol. The molecule has 2 N–H and O–H groups in total. The van der Waals surface area contributed by atoms with Gasteiger partial charge in [0.15, 0.2) is 12.4 Å². The maximum atomic E-state index is 12.2. The molecular weight excluding hydrogens is 454 g/mol. The lowest BCUT2D eigenvalue weighted by Crippen LogP contribution is -2.43. The molecule has 3 aromatic rings. The number of nitro groups is 1. The largest absolute Gasteiger partial charge is 0.477 e. The first-order chi connectivity index (χ1) is 15.4. The van der Waals surface area contributed by atoms with Crippen LogP contribution in [0.5, 0.6) is 5.75 Å². The fraction of sp³-hybridized carbons (Fsp3) is 0.0909. The van der Waals surface area contributed by atoms with Crippen molar-refractivity contribution in [1.29, 1.82) is 0 Å². The van der Waals surface area contributed by atoms with Gasteiger partial charge >= 0.3 is 5.69 Å². The maximum Gasteiger partial charge on any atom is 0.310 e. The van der Waals surface area contributed by atoms with Crippen LogP contribution in [-0.4, -0.2) is 23.3 Å². The first-order valence-electron chi connectivity index (χ1n) is 9.35. The molecule has 3 aromatic carbocycles. The molecule has 0 aliphatic heterocycles. The van der Waals surface area contributed by atoms with E-state index in [9.17, 15) is 19.7 Å². The molecule has 8 nitrogen and oxygen atoms in total. The molecule has 0 aliphatic rings. The minimum atomic E-state index is -0.660. The smallest absolute Gasteiger partial charge is 0.310 e. The Morgan fingerprint density at radius 1 is 0.969 bits per heavy atom. The van der Waals surface area contributed by atoms with Gasteiger partial charge in [-0.2, -0.15) is 0 Å². The Bertz CT molecular complexity index is 1110. The van der Waals surface area contributed by atoms with Gasteiger partial charge in [0, 0.05) is 27.3 Å². The van der Waals surface area contributed by atoms with Crippen LogP contribution in [-0.2, 0) is 10.5 Å². The summed E-state index contributed by atoms with van der Waals surface area (Å²) in [5.74, 6) is -0.470. The Balaban J connectivity index is 1.44. The van der Waals surface area contributed by atoms with Crippen molar-refractivity contribution in [2.75, 3.05) is 6.61 Å². The summed E-state index contributed by atoms with van der Waals surface area (Å²) in [5, 5.41) is 11.6. The second kappa shape index (κ2) is 11.2. The number of carbonyl (C=O) groups excluding carboxylic acids is 2. The number of para-hydroxylation sites is 2. The summed E-state index contributed by atoms with van der Waals surface area (Å²) in [7, 11) is 0. The number of hydrazine groups is 1. The van der Waals surface area contributed by atoms with E-state index in [0.29, 0.717) is 10.6 Å². The van der Waals surface area contributed by atoms with Crippen molar-refractivity contribution in [1.82, 2.24) is 10.9 Å². The number of nitrogens with one attached hydrogen (secondary N) is 2. The van der Waals surface area contributed by atoms with Gasteiger partial charge < -0.3 is 4.74 Å². The molecule has 0 aromatic heterocycles. The number of carbonyl (C=O) groups is 2. The lowest BCUT2D eigenvalue weighted by atomic mass is 10.1. The zero-order chi connectivity index (χ0) is 22.9. The third kappa shape index (κ3) is 6.73. The van der Waals surface area contributed by atoms with E-state index < -0.39 is 23.3 Å². The van der Waals surface area contributed by atoms with Gasteiger partial charge in [-0.1, -0.05) is 35.9 Å². The highest BCUT2D eigenvalue weighted by Crippen LogP contribution is 2.26. The van der Waals surface area contributed by atoms with Crippen LogP contribution in [0.3, 0.4) is 0 Å². The van der Waals surface area contributed by atoms with Crippen LogP contribution in [0, 0.1) is 10.1 Å². The number of hydrogen-bond donors (Lipinski definition) is 2. The number of halogens is 1. The SMILES string of the molecule is O=C(COc1ccccc1[N+](=O)[O-])NNC(=O)c1ccc(CSc2ccc(Cl)cc2)cc1. The van der Waals surface area contributed by atoms with Crippen molar-refractivity contribution in [2.24, 2.45) is 0 Å². The van der Waals surface area contributed by atoms with E-state index in [1.807, 2.05) is 36.4 Å². The molecule has 2 amide bonds. The minimum Gasteiger partial charge on any atom is -0.477 e. The van der Waals surface area contributed by atoms with E-state index in [2.05, 4.69) is 10.9 Å². The highest BCUT2D eigenvalue weighted by atomic mass is 35.5. The molecule has 0 saturated heterocycles. The Morgan fingerprint density at radius 2 is 1.66 bits per heavy atom. The number of ether oxygens (including phenoxy) is 1. The van der Waals surface area contributed by atoms with Gasteiger partial charge in [-0.05, 0) is 48.0 Å². The Kier molecular flexibility index (Phi) is 8.07. The van der Waals surface area contributed by atoms with Crippen LogP contribution in [0.25, 0.3) is 0 Å². The van der Waals surface area contributed by atoms with E-state index in [-0.39, 0.29) is 11.4 Å². The number of amides is 2. The first kappa shape index (κ1) is 23.1. The van der Waals surface area contributed by atoms with Gasteiger partial charge in [-0.15, -0.1) is 11.8 Å². The van der Waals surface area contributed by atoms with Gasteiger partial charge in [0.05, 0.1) is 4.92 Å². The summed E-state index contributed by atoms with van der Waals surface area (Å²) in [6.45, 7) is -0.494. The average molecular weight is 472 g/mol. The average Bonchev–Trinajstić information content (AvgIpc) is 2.81. The zero-order valence-electron chi connectivity index (χ0n) is 16.6. The van der Waals surface area contributed by atoms with Gasteiger partial charge in [-0.25, -0.2) is 0 Å². The van der Waals surface area contributed by atoms with Gasteiger partial charge in [-0.3, -0.25) is 30.6 Å². The van der Waals surface area contributed by atoms with Crippen LogP contribution in [0.2, 0.25) is 5.02 Å². The van der Waals surface area contributed by atoms with Crippen molar-refractivity contribution >= 4 is 40.9 Å². The number of rotatable bonds is 8. The summed E-state index contributed by atoms with van der Waals surface area (Å²) in [4.78, 5) is 35.5. The second-order valence-electron chi connectivity index (χ2n) is 6.46. The van der Waals surface area contributed by atoms with E-state index in [1.165, 1.54) is 18.2 Å². The maximum absolute atomic E-state index is 12.2. The molecular formula is C22H18ClN3O5S. The van der Waals surface area contributed by atoms with E-state index >= 15 is 0 Å².